The molecule has 0 bridgehead atoms. The molecule has 2 saturated heterocycles. The van der Waals surface area contributed by atoms with Crippen LogP contribution in [-0.4, -0.2) is 71.2 Å². The van der Waals surface area contributed by atoms with Crippen LogP contribution in [0.15, 0.2) is 28.8 Å². The summed E-state index contributed by atoms with van der Waals surface area (Å²) in [7, 11) is 0. The average Bonchev–Trinajstić information content (AvgIpc) is 3.32. The van der Waals surface area contributed by atoms with Gasteiger partial charge in [0.1, 0.15) is 0 Å². The lowest BCUT2D eigenvalue weighted by Gasteiger charge is -2.36. The topological polar surface area (TPSA) is 65.7 Å². The molecule has 1 aromatic heterocycles. The SMILES string of the molecule is Cc1noc(-c2ccc(N3CC[C@@H](C(=O)N4CCCN(C5CCC5)CC4)C3)cc2)n1. The van der Waals surface area contributed by atoms with Crippen LogP contribution in [0.4, 0.5) is 5.69 Å². The Morgan fingerprint density at radius 1 is 1.00 bits per heavy atom. The van der Waals surface area contributed by atoms with Crippen LogP contribution in [0.5, 0.6) is 0 Å². The molecule has 3 fully saturated rings. The van der Waals surface area contributed by atoms with E-state index >= 15 is 0 Å². The maximum absolute atomic E-state index is 13.2. The number of carbonyl (C=O) groups excluding carboxylic acids is 1. The molecular weight excluding hydrogens is 378 g/mol. The summed E-state index contributed by atoms with van der Waals surface area (Å²) >= 11 is 0. The third kappa shape index (κ3) is 3.95. The summed E-state index contributed by atoms with van der Waals surface area (Å²) in [6, 6.07) is 8.98. The zero-order chi connectivity index (χ0) is 20.5. The molecule has 0 N–H and O–H groups in total. The minimum Gasteiger partial charge on any atom is -0.371 e. The zero-order valence-corrected chi connectivity index (χ0v) is 17.8. The molecule has 1 amide bonds. The van der Waals surface area contributed by atoms with Crippen molar-refractivity contribution in [3.05, 3.63) is 30.1 Å². The van der Waals surface area contributed by atoms with Gasteiger partial charge >= 0.3 is 0 Å². The van der Waals surface area contributed by atoms with E-state index in [2.05, 4.69) is 37.0 Å². The summed E-state index contributed by atoms with van der Waals surface area (Å²) in [5.74, 6) is 1.65. The molecule has 1 atom stereocenters. The first-order valence-electron chi connectivity index (χ1n) is 11.4. The summed E-state index contributed by atoms with van der Waals surface area (Å²) in [6.07, 6.45) is 6.10. The van der Waals surface area contributed by atoms with Gasteiger partial charge in [-0.2, -0.15) is 4.98 Å². The van der Waals surface area contributed by atoms with Crippen LogP contribution in [0.1, 0.15) is 37.9 Å². The Morgan fingerprint density at radius 2 is 1.83 bits per heavy atom. The molecule has 2 aromatic rings. The van der Waals surface area contributed by atoms with Crippen molar-refractivity contribution >= 4 is 11.6 Å². The number of amides is 1. The maximum atomic E-state index is 13.2. The average molecular weight is 410 g/mol. The van der Waals surface area contributed by atoms with Crippen molar-refractivity contribution < 1.29 is 9.32 Å². The van der Waals surface area contributed by atoms with E-state index in [0.29, 0.717) is 17.6 Å². The molecule has 30 heavy (non-hydrogen) atoms. The van der Waals surface area contributed by atoms with Crippen LogP contribution in [0.25, 0.3) is 11.5 Å². The van der Waals surface area contributed by atoms with Gasteiger partial charge in [0.05, 0.1) is 5.92 Å². The Balaban J connectivity index is 1.17. The molecule has 0 radical (unpaired) electrons. The molecule has 5 rings (SSSR count). The summed E-state index contributed by atoms with van der Waals surface area (Å²) < 4.78 is 5.25. The molecule has 1 saturated carbocycles. The second-order valence-electron chi connectivity index (χ2n) is 8.92. The second-order valence-corrected chi connectivity index (χ2v) is 8.92. The van der Waals surface area contributed by atoms with E-state index in [4.69, 9.17) is 4.52 Å². The Hall–Kier alpha value is -2.41. The van der Waals surface area contributed by atoms with Gasteiger partial charge in [-0.3, -0.25) is 9.69 Å². The monoisotopic (exact) mass is 409 g/mol. The van der Waals surface area contributed by atoms with E-state index in [9.17, 15) is 4.79 Å². The number of hydrogen-bond acceptors (Lipinski definition) is 6. The van der Waals surface area contributed by atoms with E-state index in [1.807, 2.05) is 19.1 Å². The molecule has 1 aromatic carbocycles. The summed E-state index contributed by atoms with van der Waals surface area (Å²) in [5, 5.41) is 3.85. The van der Waals surface area contributed by atoms with E-state index in [1.54, 1.807) is 0 Å². The number of carbonyl (C=O) groups is 1. The Kier molecular flexibility index (Phi) is 5.46. The van der Waals surface area contributed by atoms with Crippen LogP contribution in [0, 0.1) is 12.8 Å². The molecule has 3 heterocycles. The highest BCUT2D eigenvalue weighted by Gasteiger charge is 2.33. The molecule has 160 valence electrons. The van der Waals surface area contributed by atoms with E-state index < -0.39 is 0 Å². The maximum Gasteiger partial charge on any atom is 0.257 e. The summed E-state index contributed by atoms with van der Waals surface area (Å²) in [5.41, 5.74) is 2.07. The Morgan fingerprint density at radius 3 is 2.53 bits per heavy atom. The van der Waals surface area contributed by atoms with Gasteiger partial charge in [0, 0.05) is 56.6 Å². The van der Waals surface area contributed by atoms with Crippen molar-refractivity contribution in [3.8, 4) is 11.5 Å². The number of benzene rings is 1. The first kappa shape index (κ1) is 19.5. The predicted molar refractivity (Wildman–Crippen MR) is 115 cm³/mol. The minimum atomic E-state index is 0.110. The first-order valence-corrected chi connectivity index (χ1v) is 11.4. The van der Waals surface area contributed by atoms with Crippen molar-refractivity contribution in [2.45, 2.75) is 45.1 Å². The summed E-state index contributed by atoms with van der Waals surface area (Å²) in [6.45, 7) is 7.55. The van der Waals surface area contributed by atoms with E-state index in [-0.39, 0.29) is 5.92 Å². The lowest BCUT2D eigenvalue weighted by atomic mass is 9.91. The number of aromatic nitrogens is 2. The predicted octanol–water partition coefficient (Wildman–Crippen LogP) is 2.96. The van der Waals surface area contributed by atoms with Gasteiger partial charge in [0.2, 0.25) is 5.91 Å². The summed E-state index contributed by atoms with van der Waals surface area (Å²) in [4.78, 5) is 24.5. The van der Waals surface area contributed by atoms with Gasteiger partial charge in [0.15, 0.2) is 5.82 Å². The highest BCUT2D eigenvalue weighted by Crippen LogP contribution is 2.29. The number of hydrogen-bond donors (Lipinski definition) is 0. The number of aryl methyl sites for hydroxylation is 1. The van der Waals surface area contributed by atoms with E-state index in [1.165, 1.54) is 19.3 Å². The lowest BCUT2D eigenvalue weighted by Crippen LogP contribution is -2.43. The fourth-order valence-electron chi connectivity index (χ4n) is 4.96. The van der Waals surface area contributed by atoms with Crippen LogP contribution in [-0.2, 0) is 4.79 Å². The normalized spacial score (nSPS) is 23.4. The van der Waals surface area contributed by atoms with Crippen molar-refractivity contribution in [1.29, 1.82) is 0 Å². The van der Waals surface area contributed by atoms with Crippen LogP contribution < -0.4 is 4.90 Å². The van der Waals surface area contributed by atoms with Gasteiger partial charge in [-0.25, -0.2) is 0 Å². The van der Waals surface area contributed by atoms with Crippen LogP contribution >= 0.6 is 0 Å². The number of anilines is 1. The standard InChI is InChI=1S/C23H31N5O2/c1-17-24-22(30-25-17)18-6-8-21(9-7-18)28-13-10-19(16-28)23(29)27-12-3-11-26(14-15-27)20-4-2-5-20/h6-9,19-20H,2-5,10-16H2,1H3/t19-/m1/s1. The molecule has 0 spiro atoms. The third-order valence-corrected chi connectivity index (χ3v) is 6.98. The second kappa shape index (κ2) is 8.38. The van der Waals surface area contributed by atoms with Crippen molar-refractivity contribution in [1.82, 2.24) is 19.9 Å². The quantitative estimate of drug-likeness (QED) is 0.774. The first-order chi connectivity index (χ1) is 14.7. The van der Waals surface area contributed by atoms with Gasteiger partial charge in [0.25, 0.3) is 5.89 Å². The number of nitrogens with zero attached hydrogens (tertiary/aromatic N) is 5. The largest absolute Gasteiger partial charge is 0.371 e. The number of rotatable bonds is 4. The fourth-order valence-corrected chi connectivity index (χ4v) is 4.96. The Labute approximate surface area is 178 Å². The molecule has 7 nitrogen and oxygen atoms in total. The van der Waals surface area contributed by atoms with Crippen molar-refractivity contribution in [2.75, 3.05) is 44.2 Å². The third-order valence-electron chi connectivity index (χ3n) is 6.98. The van der Waals surface area contributed by atoms with Gasteiger partial charge in [-0.15, -0.1) is 0 Å². The minimum absolute atomic E-state index is 0.110. The van der Waals surface area contributed by atoms with Gasteiger partial charge < -0.3 is 14.3 Å². The lowest BCUT2D eigenvalue weighted by molar-refractivity contribution is -0.134. The van der Waals surface area contributed by atoms with Crippen molar-refractivity contribution in [3.63, 3.8) is 0 Å². The molecule has 3 aliphatic rings. The molecular formula is C23H31N5O2. The smallest absolute Gasteiger partial charge is 0.257 e. The molecule has 7 heteroatoms. The molecule has 2 aliphatic heterocycles. The van der Waals surface area contributed by atoms with Gasteiger partial charge in [-0.1, -0.05) is 11.6 Å². The van der Waals surface area contributed by atoms with Crippen molar-refractivity contribution in [2.24, 2.45) is 5.92 Å². The highest BCUT2D eigenvalue weighted by atomic mass is 16.5. The van der Waals surface area contributed by atoms with Crippen LogP contribution in [0.2, 0.25) is 0 Å². The highest BCUT2D eigenvalue weighted by molar-refractivity contribution is 5.80. The Bertz CT molecular complexity index is 876. The van der Waals surface area contributed by atoms with Gasteiger partial charge in [-0.05, 0) is 56.9 Å². The molecule has 0 unspecified atom stereocenters. The molecule has 1 aliphatic carbocycles. The van der Waals surface area contributed by atoms with Crippen LogP contribution in [0.3, 0.4) is 0 Å². The fraction of sp³-hybridized carbons (Fsp3) is 0.609. The van der Waals surface area contributed by atoms with E-state index in [0.717, 1.165) is 69.4 Å². The zero-order valence-electron chi connectivity index (χ0n) is 17.8.